The molecule has 1 atom stereocenters. The molecule has 140 valence electrons. The second kappa shape index (κ2) is 7.96. The maximum atomic E-state index is 12.9. The molecule has 0 aliphatic heterocycles. The third-order valence-electron chi connectivity index (χ3n) is 4.41. The molecule has 3 rings (SSSR count). The van der Waals surface area contributed by atoms with E-state index < -0.39 is 5.91 Å². The molecule has 0 fully saturated rings. The molecule has 0 radical (unpaired) electrons. The van der Waals surface area contributed by atoms with Gasteiger partial charge < -0.3 is 14.6 Å². The quantitative estimate of drug-likeness (QED) is 0.662. The van der Waals surface area contributed by atoms with Crippen molar-refractivity contribution in [2.45, 2.75) is 19.9 Å². The van der Waals surface area contributed by atoms with Crippen LogP contribution in [0.25, 0.3) is 10.9 Å². The number of carbonyl (C=O) groups is 1. The summed E-state index contributed by atoms with van der Waals surface area (Å²) in [5.41, 5.74) is 1.51. The lowest BCUT2D eigenvalue weighted by Gasteiger charge is -2.16. The van der Waals surface area contributed by atoms with Crippen molar-refractivity contribution < 1.29 is 9.53 Å². The van der Waals surface area contributed by atoms with Crippen molar-refractivity contribution in [1.29, 1.82) is 0 Å². The van der Waals surface area contributed by atoms with E-state index in [4.69, 9.17) is 4.74 Å². The van der Waals surface area contributed by atoms with Crippen LogP contribution in [0.3, 0.4) is 0 Å². The van der Waals surface area contributed by atoms with Gasteiger partial charge in [0.25, 0.3) is 5.91 Å². The molecule has 0 saturated heterocycles. The molecule has 3 aromatic rings. The maximum Gasteiger partial charge on any atom is 0.257 e. The summed E-state index contributed by atoms with van der Waals surface area (Å²) in [4.78, 5) is 25.7. The van der Waals surface area contributed by atoms with Crippen LogP contribution in [0.4, 0.5) is 0 Å². The molecule has 0 aliphatic carbocycles. The van der Waals surface area contributed by atoms with Crippen LogP contribution in [0.15, 0.2) is 57.9 Å². The minimum atomic E-state index is -0.396. The Kier molecular flexibility index (Phi) is 5.65. The zero-order chi connectivity index (χ0) is 19.6. The Bertz CT molecular complexity index is 1060. The standard InChI is InChI=1S/C21H21BrN2O3/c1-4-27-16-8-9-19-17(11-16)20(25)18(12-24(19)3)21(26)23-13(2)14-6-5-7-15(22)10-14/h5-13H,4H2,1-3H3,(H,23,26)/t13-/m0/s1. The molecule has 5 nitrogen and oxygen atoms in total. The van der Waals surface area contributed by atoms with Gasteiger partial charge >= 0.3 is 0 Å². The van der Waals surface area contributed by atoms with Crippen molar-refractivity contribution in [3.8, 4) is 5.75 Å². The zero-order valence-electron chi connectivity index (χ0n) is 15.5. The molecule has 1 heterocycles. The van der Waals surface area contributed by atoms with Crippen molar-refractivity contribution in [1.82, 2.24) is 9.88 Å². The van der Waals surface area contributed by atoms with Gasteiger partial charge in [-0.1, -0.05) is 28.1 Å². The van der Waals surface area contributed by atoms with Crippen molar-refractivity contribution in [2.75, 3.05) is 6.61 Å². The normalized spacial score (nSPS) is 12.0. The van der Waals surface area contributed by atoms with Gasteiger partial charge in [-0.25, -0.2) is 0 Å². The number of amides is 1. The fourth-order valence-electron chi connectivity index (χ4n) is 3.02. The van der Waals surface area contributed by atoms with E-state index >= 15 is 0 Å². The Balaban J connectivity index is 1.96. The molecule has 1 amide bonds. The first-order valence-corrected chi connectivity index (χ1v) is 9.52. The van der Waals surface area contributed by atoms with E-state index in [2.05, 4.69) is 21.2 Å². The number of fused-ring (bicyclic) bond motifs is 1. The fraction of sp³-hybridized carbons (Fsp3) is 0.238. The number of hydrogen-bond acceptors (Lipinski definition) is 3. The van der Waals surface area contributed by atoms with Gasteiger partial charge in [0.2, 0.25) is 5.43 Å². The number of nitrogens with zero attached hydrogens (tertiary/aromatic N) is 1. The van der Waals surface area contributed by atoms with Gasteiger partial charge in [0.1, 0.15) is 11.3 Å². The fourth-order valence-corrected chi connectivity index (χ4v) is 3.44. The van der Waals surface area contributed by atoms with Gasteiger partial charge in [0.15, 0.2) is 0 Å². The number of aromatic nitrogens is 1. The van der Waals surface area contributed by atoms with E-state index in [0.717, 1.165) is 15.6 Å². The molecular weight excluding hydrogens is 408 g/mol. The van der Waals surface area contributed by atoms with E-state index in [9.17, 15) is 9.59 Å². The Hall–Kier alpha value is -2.60. The van der Waals surface area contributed by atoms with Gasteiger partial charge in [-0.3, -0.25) is 9.59 Å². The highest BCUT2D eigenvalue weighted by Gasteiger charge is 2.17. The molecule has 0 aliphatic rings. The third-order valence-corrected chi connectivity index (χ3v) is 4.91. The summed E-state index contributed by atoms with van der Waals surface area (Å²) in [5, 5.41) is 3.37. The second-order valence-electron chi connectivity index (χ2n) is 6.34. The maximum absolute atomic E-state index is 12.9. The van der Waals surface area contributed by atoms with Crippen LogP contribution in [0.1, 0.15) is 35.8 Å². The topological polar surface area (TPSA) is 60.3 Å². The summed E-state index contributed by atoms with van der Waals surface area (Å²) in [5.74, 6) is 0.217. The first kappa shape index (κ1) is 19.2. The van der Waals surface area contributed by atoms with Crippen LogP contribution in [0, 0.1) is 0 Å². The minimum absolute atomic E-state index is 0.112. The van der Waals surface area contributed by atoms with Crippen LogP contribution >= 0.6 is 15.9 Å². The van der Waals surface area contributed by atoms with Crippen LogP contribution in [0.2, 0.25) is 0 Å². The number of rotatable bonds is 5. The SMILES string of the molecule is CCOc1ccc2c(c1)c(=O)c(C(=O)N[C@@H](C)c1cccc(Br)c1)cn2C. The number of hydrogen-bond donors (Lipinski definition) is 1. The zero-order valence-corrected chi connectivity index (χ0v) is 17.0. The second-order valence-corrected chi connectivity index (χ2v) is 7.26. The van der Waals surface area contributed by atoms with E-state index in [1.807, 2.05) is 57.3 Å². The average Bonchev–Trinajstić information content (AvgIpc) is 2.64. The number of nitrogens with one attached hydrogen (secondary N) is 1. The minimum Gasteiger partial charge on any atom is -0.494 e. The highest BCUT2D eigenvalue weighted by atomic mass is 79.9. The number of ether oxygens (including phenoxy) is 1. The van der Waals surface area contributed by atoms with Gasteiger partial charge in [0.05, 0.1) is 23.6 Å². The van der Waals surface area contributed by atoms with Crippen LogP contribution in [-0.4, -0.2) is 17.1 Å². The third kappa shape index (κ3) is 4.06. The summed E-state index contributed by atoms with van der Waals surface area (Å²) >= 11 is 3.43. The molecule has 0 spiro atoms. The molecule has 1 N–H and O–H groups in total. The van der Waals surface area contributed by atoms with Gasteiger partial charge in [0, 0.05) is 17.7 Å². The summed E-state index contributed by atoms with van der Waals surface area (Å²) in [6.07, 6.45) is 1.58. The first-order valence-electron chi connectivity index (χ1n) is 8.73. The first-order chi connectivity index (χ1) is 12.9. The van der Waals surface area contributed by atoms with E-state index in [1.54, 1.807) is 16.8 Å². The predicted molar refractivity (Wildman–Crippen MR) is 110 cm³/mol. The highest BCUT2D eigenvalue weighted by Crippen LogP contribution is 2.20. The van der Waals surface area contributed by atoms with E-state index in [-0.39, 0.29) is 17.0 Å². The van der Waals surface area contributed by atoms with E-state index in [1.165, 1.54) is 0 Å². The summed E-state index contributed by atoms with van der Waals surface area (Å²) in [7, 11) is 1.82. The molecule has 27 heavy (non-hydrogen) atoms. The molecule has 0 saturated carbocycles. The largest absolute Gasteiger partial charge is 0.494 e. The number of halogens is 1. The van der Waals surface area contributed by atoms with Crippen molar-refractivity contribution >= 4 is 32.7 Å². The smallest absolute Gasteiger partial charge is 0.257 e. The van der Waals surface area contributed by atoms with Gasteiger partial charge in [-0.15, -0.1) is 0 Å². The Labute approximate surface area is 166 Å². The number of benzene rings is 2. The molecule has 0 unspecified atom stereocenters. The summed E-state index contributed by atoms with van der Waals surface area (Å²) in [6.45, 7) is 4.28. The lowest BCUT2D eigenvalue weighted by atomic mass is 10.1. The van der Waals surface area contributed by atoms with Crippen molar-refractivity contribution in [3.63, 3.8) is 0 Å². The van der Waals surface area contributed by atoms with E-state index in [0.29, 0.717) is 17.7 Å². The predicted octanol–water partition coefficient (Wildman–Crippen LogP) is 4.19. The Morgan fingerprint density at radius 1 is 1.26 bits per heavy atom. The van der Waals surface area contributed by atoms with Crippen LogP contribution in [0.5, 0.6) is 5.75 Å². The van der Waals surface area contributed by atoms with Crippen LogP contribution < -0.4 is 15.5 Å². The molecule has 0 bridgehead atoms. The molecular formula is C21H21BrN2O3. The number of carbonyl (C=O) groups excluding carboxylic acids is 1. The molecule has 2 aromatic carbocycles. The average molecular weight is 429 g/mol. The molecule has 1 aromatic heterocycles. The number of pyridine rings is 1. The number of aryl methyl sites for hydroxylation is 1. The van der Waals surface area contributed by atoms with Gasteiger partial charge in [-0.2, -0.15) is 0 Å². The van der Waals surface area contributed by atoms with Crippen LogP contribution in [-0.2, 0) is 7.05 Å². The monoisotopic (exact) mass is 428 g/mol. The van der Waals surface area contributed by atoms with Crippen molar-refractivity contribution in [2.24, 2.45) is 7.05 Å². The lowest BCUT2D eigenvalue weighted by molar-refractivity contribution is 0.0938. The highest BCUT2D eigenvalue weighted by molar-refractivity contribution is 9.10. The summed E-state index contributed by atoms with van der Waals surface area (Å²) < 4.78 is 8.21. The molecule has 6 heteroatoms. The lowest BCUT2D eigenvalue weighted by Crippen LogP contribution is -2.31. The Morgan fingerprint density at radius 3 is 2.74 bits per heavy atom. The summed E-state index contributed by atoms with van der Waals surface area (Å²) in [6, 6.07) is 12.8. The Morgan fingerprint density at radius 2 is 2.04 bits per heavy atom. The van der Waals surface area contributed by atoms with Gasteiger partial charge in [-0.05, 0) is 49.7 Å². The van der Waals surface area contributed by atoms with Crippen molar-refractivity contribution in [3.05, 3.63) is 74.5 Å².